The van der Waals surface area contributed by atoms with E-state index in [4.69, 9.17) is 9.15 Å². The second-order valence-corrected chi connectivity index (χ2v) is 4.35. The lowest BCUT2D eigenvalue weighted by Gasteiger charge is -2.07. The molecule has 19 heavy (non-hydrogen) atoms. The van der Waals surface area contributed by atoms with E-state index in [1.54, 1.807) is 6.26 Å². The van der Waals surface area contributed by atoms with Gasteiger partial charge in [0.15, 0.2) is 17.3 Å². The van der Waals surface area contributed by atoms with Crippen molar-refractivity contribution in [1.29, 1.82) is 0 Å². The van der Waals surface area contributed by atoms with Crippen molar-refractivity contribution in [3.63, 3.8) is 0 Å². The average Bonchev–Trinajstić information content (AvgIpc) is 3.04. The Kier molecular flexibility index (Phi) is 2.79. The first kappa shape index (κ1) is 11.9. The van der Waals surface area contributed by atoms with Gasteiger partial charge in [-0.3, -0.25) is 0 Å². The lowest BCUT2D eigenvalue weighted by molar-refractivity contribution is 0.0592. The molecule has 6 nitrogen and oxygen atoms in total. The highest BCUT2D eigenvalue weighted by Crippen LogP contribution is 2.25. The number of rotatable bonds is 2. The smallest absolute Gasteiger partial charge is 0.357 e. The molecule has 2 aromatic heterocycles. The zero-order chi connectivity index (χ0) is 13.4. The third kappa shape index (κ3) is 1.90. The van der Waals surface area contributed by atoms with Crippen molar-refractivity contribution in [2.45, 2.75) is 20.0 Å². The van der Waals surface area contributed by atoms with E-state index < -0.39 is 5.97 Å². The molecule has 0 spiro atoms. The summed E-state index contributed by atoms with van der Waals surface area (Å²) in [6, 6.07) is 1.84. The highest BCUT2D eigenvalue weighted by Gasteiger charge is 2.25. The van der Waals surface area contributed by atoms with Gasteiger partial charge in [-0.2, -0.15) is 0 Å². The number of fused-ring (bicyclic) bond motifs is 1. The van der Waals surface area contributed by atoms with E-state index in [9.17, 15) is 4.79 Å². The van der Waals surface area contributed by atoms with Crippen molar-refractivity contribution in [3.8, 4) is 11.6 Å². The molecule has 0 aromatic carbocycles. The van der Waals surface area contributed by atoms with Gasteiger partial charge in [-0.05, 0) is 18.6 Å². The first-order valence-corrected chi connectivity index (χ1v) is 5.94. The largest absolute Gasteiger partial charge is 0.464 e. The minimum Gasteiger partial charge on any atom is -0.464 e. The Bertz CT molecular complexity index is 649. The SMILES string of the molecule is COC(=O)c1nc(-c2occc2C)nc2c1CNC2. The lowest BCUT2D eigenvalue weighted by Crippen LogP contribution is -2.11. The number of carbonyl (C=O) groups is 1. The minimum atomic E-state index is -0.451. The van der Waals surface area contributed by atoms with E-state index in [1.807, 2.05) is 13.0 Å². The zero-order valence-corrected chi connectivity index (χ0v) is 10.7. The molecule has 1 aliphatic rings. The lowest BCUT2D eigenvalue weighted by atomic mass is 10.1. The van der Waals surface area contributed by atoms with Crippen molar-refractivity contribution < 1.29 is 13.9 Å². The fourth-order valence-corrected chi connectivity index (χ4v) is 2.14. The van der Waals surface area contributed by atoms with Gasteiger partial charge in [-0.25, -0.2) is 14.8 Å². The third-order valence-electron chi connectivity index (χ3n) is 3.13. The minimum absolute atomic E-state index is 0.309. The molecule has 0 unspecified atom stereocenters. The summed E-state index contributed by atoms with van der Waals surface area (Å²) >= 11 is 0. The monoisotopic (exact) mass is 259 g/mol. The Morgan fingerprint density at radius 1 is 1.42 bits per heavy atom. The van der Waals surface area contributed by atoms with Gasteiger partial charge in [0.1, 0.15) is 0 Å². The fourth-order valence-electron chi connectivity index (χ4n) is 2.14. The molecule has 0 atom stereocenters. The Morgan fingerprint density at radius 2 is 2.26 bits per heavy atom. The van der Waals surface area contributed by atoms with Crippen molar-refractivity contribution in [2.75, 3.05) is 7.11 Å². The number of nitrogens with zero attached hydrogens (tertiary/aromatic N) is 2. The summed E-state index contributed by atoms with van der Waals surface area (Å²) in [7, 11) is 1.34. The predicted molar refractivity (Wildman–Crippen MR) is 66.4 cm³/mol. The van der Waals surface area contributed by atoms with Crippen molar-refractivity contribution in [3.05, 3.63) is 34.8 Å². The van der Waals surface area contributed by atoms with E-state index in [1.165, 1.54) is 7.11 Å². The normalized spacial score (nSPS) is 13.4. The second-order valence-electron chi connectivity index (χ2n) is 4.35. The van der Waals surface area contributed by atoms with Crippen LogP contribution in [-0.2, 0) is 17.8 Å². The molecule has 1 N–H and O–H groups in total. The first-order valence-electron chi connectivity index (χ1n) is 5.94. The van der Waals surface area contributed by atoms with E-state index in [0.717, 1.165) is 16.8 Å². The summed E-state index contributed by atoms with van der Waals surface area (Å²) in [6.07, 6.45) is 1.58. The Balaban J connectivity index is 2.18. The highest BCUT2D eigenvalue weighted by atomic mass is 16.5. The number of ether oxygens (including phenoxy) is 1. The summed E-state index contributed by atoms with van der Waals surface area (Å²) in [4.78, 5) is 20.6. The van der Waals surface area contributed by atoms with Crippen LogP contribution in [0.3, 0.4) is 0 Å². The zero-order valence-electron chi connectivity index (χ0n) is 10.7. The van der Waals surface area contributed by atoms with Gasteiger partial charge in [-0.1, -0.05) is 0 Å². The van der Waals surface area contributed by atoms with Gasteiger partial charge in [0.2, 0.25) is 0 Å². The second kappa shape index (κ2) is 4.47. The molecule has 1 aliphatic heterocycles. The van der Waals surface area contributed by atoms with E-state index in [0.29, 0.717) is 30.4 Å². The molecule has 6 heteroatoms. The summed E-state index contributed by atoms with van der Waals surface area (Å²) in [6.45, 7) is 3.11. The maximum atomic E-state index is 11.8. The van der Waals surface area contributed by atoms with Gasteiger partial charge in [0.25, 0.3) is 0 Å². The number of carbonyl (C=O) groups excluding carboxylic acids is 1. The molecule has 2 aromatic rings. The number of esters is 1. The molecule has 0 saturated heterocycles. The number of methoxy groups -OCH3 is 1. The predicted octanol–water partition coefficient (Wildman–Crippen LogP) is 1.43. The van der Waals surface area contributed by atoms with Gasteiger partial charge in [0, 0.05) is 18.7 Å². The number of furan rings is 1. The highest BCUT2D eigenvalue weighted by molar-refractivity contribution is 5.89. The van der Waals surface area contributed by atoms with Crippen molar-refractivity contribution in [1.82, 2.24) is 15.3 Å². The topological polar surface area (TPSA) is 77.2 Å². The van der Waals surface area contributed by atoms with E-state index in [2.05, 4.69) is 15.3 Å². The first-order chi connectivity index (χ1) is 9.20. The molecule has 0 amide bonds. The number of hydrogen-bond acceptors (Lipinski definition) is 6. The maximum Gasteiger partial charge on any atom is 0.357 e. The summed E-state index contributed by atoms with van der Waals surface area (Å²) in [5.74, 6) is 0.554. The molecule has 0 saturated carbocycles. The van der Waals surface area contributed by atoms with E-state index >= 15 is 0 Å². The van der Waals surface area contributed by atoms with Crippen LogP contribution < -0.4 is 5.32 Å². The van der Waals surface area contributed by atoms with Crippen LogP contribution in [0, 0.1) is 6.92 Å². The quantitative estimate of drug-likeness (QED) is 0.822. The van der Waals surface area contributed by atoms with E-state index in [-0.39, 0.29) is 0 Å². The Labute approximate surface area is 109 Å². The number of hydrogen-bond donors (Lipinski definition) is 1. The molecule has 3 heterocycles. The summed E-state index contributed by atoms with van der Waals surface area (Å²) in [5.41, 5.74) is 2.87. The van der Waals surface area contributed by atoms with Crippen LogP contribution in [0.5, 0.6) is 0 Å². The third-order valence-corrected chi connectivity index (χ3v) is 3.13. The maximum absolute atomic E-state index is 11.8. The number of aromatic nitrogens is 2. The van der Waals surface area contributed by atoms with Crippen LogP contribution in [-0.4, -0.2) is 23.0 Å². The fraction of sp³-hybridized carbons (Fsp3) is 0.308. The van der Waals surface area contributed by atoms with Crippen molar-refractivity contribution >= 4 is 5.97 Å². The standard InChI is InChI=1S/C13H13N3O3/c1-7-3-4-19-11(7)12-15-9-6-14-5-8(9)10(16-12)13(17)18-2/h3-4,14H,5-6H2,1-2H3. The Hall–Kier alpha value is -2.21. The van der Waals surface area contributed by atoms with Crippen LogP contribution in [0.4, 0.5) is 0 Å². The molecule has 0 aliphatic carbocycles. The van der Waals surface area contributed by atoms with Gasteiger partial charge >= 0.3 is 5.97 Å². The Morgan fingerprint density at radius 3 is 2.95 bits per heavy atom. The number of nitrogens with one attached hydrogen (secondary N) is 1. The average molecular weight is 259 g/mol. The molecular formula is C13H13N3O3. The molecule has 3 rings (SSSR count). The van der Waals surface area contributed by atoms with Gasteiger partial charge in [0.05, 0.1) is 19.1 Å². The molecule has 98 valence electrons. The molecule has 0 fully saturated rings. The van der Waals surface area contributed by atoms with Crippen LogP contribution in [0.25, 0.3) is 11.6 Å². The van der Waals surface area contributed by atoms with Gasteiger partial charge < -0.3 is 14.5 Å². The number of aryl methyl sites for hydroxylation is 1. The van der Waals surface area contributed by atoms with Crippen LogP contribution in [0.2, 0.25) is 0 Å². The van der Waals surface area contributed by atoms with Crippen LogP contribution in [0.15, 0.2) is 16.7 Å². The van der Waals surface area contributed by atoms with Gasteiger partial charge in [-0.15, -0.1) is 0 Å². The molecule has 0 radical (unpaired) electrons. The van der Waals surface area contributed by atoms with Crippen LogP contribution in [0.1, 0.15) is 27.3 Å². The summed E-state index contributed by atoms with van der Waals surface area (Å²) < 4.78 is 10.2. The van der Waals surface area contributed by atoms with Crippen LogP contribution >= 0.6 is 0 Å². The molecule has 0 bridgehead atoms. The summed E-state index contributed by atoms with van der Waals surface area (Å²) in [5, 5.41) is 3.15. The molecular weight excluding hydrogens is 246 g/mol. The van der Waals surface area contributed by atoms with Crippen molar-refractivity contribution in [2.24, 2.45) is 0 Å².